The minimum atomic E-state index is -1.30. The number of nitrogens with zero attached hydrogens (tertiary/aromatic N) is 1. The molecule has 31 heavy (non-hydrogen) atoms. The highest BCUT2D eigenvalue weighted by molar-refractivity contribution is 6.08. The van der Waals surface area contributed by atoms with E-state index in [1.807, 2.05) is 6.07 Å². The van der Waals surface area contributed by atoms with Gasteiger partial charge in [-0.05, 0) is 74.8 Å². The van der Waals surface area contributed by atoms with Gasteiger partial charge in [-0.15, -0.1) is 0 Å². The number of piperidine rings is 1. The summed E-state index contributed by atoms with van der Waals surface area (Å²) in [6.45, 7) is 1.50. The third kappa shape index (κ3) is 2.40. The van der Waals surface area contributed by atoms with Crippen molar-refractivity contribution in [2.75, 3.05) is 20.2 Å². The second-order valence-corrected chi connectivity index (χ2v) is 10.0. The van der Waals surface area contributed by atoms with Crippen LogP contribution in [0, 0.1) is 5.92 Å². The number of ketones is 1. The summed E-state index contributed by atoms with van der Waals surface area (Å²) in [5.41, 5.74) is -1.83. The van der Waals surface area contributed by atoms with Gasteiger partial charge >= 0.3 is 6.03 Å². The zero-order chi connectivity index (χ0) is 21.6. The van der Waals surface area contributed by atoms with Crippen LogP contribution >= 0.6 is 0 Å². The van der Waals surface area contributed by atoms with Crippen molar-refractivity contribution in [3.63, 3.8) is 0 Å². The van der Waals surface area contributed by atoms with Gasteiger partial charge in [0, 0.05) is 17.5 Å². The van der Waals surface area contributed by atoms with Crippen LogP contribution in [0.4, 0.5) is 4.79 Å². The predicted molar refractivity (Wildman–Crippen MR) is 110 cm³/mol. The lowest BCUT2D eigenvalue weighted by Crippen LogP contribution is -2.77. The highest BCUT2D eigenvalue weighted by Gasteiger charge is 2.71. The number of carbonyl (C=O) groups excluding carboxylic acids is 3. The van der Waals surface area contributed by atoms with Crippen LogP contribution in [0.25, 0.3) is 0 Å². The van der Waals surface area contributed by atoms with Crippen LogP contribution in [0.1, 0.15) is 54.4 Å². The van der Waals surface area contributed by atoms with E-state index in [0.29, 0.717) is 36.6 Å². The molecule has 4 unspecified atom stereocenters. The molecular weight excluding hydrogens is 398 g/mol. The summed E-state index contributed by atoms with van der Waals surface area (Å²) in [6, 6.07) is 4.30. The molecule has 0 aromatic heterocycles. The number of ether oxygens (including phenoxy) is 1. The van der Waals surface area contributed by atoms with E-state index >= 15 is 0 Å². The largest absolute Gasteiger partial charge is 0.497 e. The molecular formula is C23H27N3O5. The maximum Gasteiger partial charge on any atom is 0.322 e. The van der Waals surface area contributed by atoms with Gasteiger partial charge in [-0.25, -0.2) is 4.79 Å². The first-order chi connectivity index (χ1) is 14.8. The molecule has 2 saturated carbocycles. The number of aliphatic hydroxyl groups is 1. The molecule has 164 valence electrons. The predicted octanol–water partition coefficient (Wildman–Crippen LogP) is 1.11. The Balaban J connectivity index is 1.54. The van der Waals surface area contributed by atoms with Crippen molar-refractivity contribution >= 4 is 17.7 Å². The average molecular weight is 425 g/mol. The summed E-state index contributed by atoms with van der Waals surface area (Å²) in [6.07, 6.45) is 3.81. The number of urea groups is 1. The molecule has 1 aromatic rings. The Morgan fingerprint density at radius 1 is 1.19 bits per heavy atom. The smallest absolute Gasteiger partial charge is 0.322 e. The number of hydrogen-bond acceptors (Lipinski definition) is 6. The van der Waals surface area contributed by atoms with Crippen LogP contribution in [-0.4, -0.2) is 65.1 Å². The number of Topliss-reactive ketones (excluding diaryl/α,β-unsaturated/α-hetero) is 1. The molecule has 1 spiro atoms. The normalized spacial score (nSPS) is 39.0. The minimum Gasteiger partial charge on any atom is -0.497 e. The number of methoxy groups -OCH3 is 1. The van der Waals surface area contributed by atoms with E-state index in [0.717, 1.165) is 12.1 Å². The van der Waals surface area contributed by atoms with E-state index < -0.39 is 28.6 Å². The molecule has 1 aromatic carbocycles. The Bertz CT molecular complexity index is 1020. The molecule has 2 aliphatic heterocycles. The van der Waals surface area contributed by atoms with Gasteiger partial charge in [-0.2, -0.15) is 0 Å². The van der Waals surface area contributed by atoms with Crippen molar-refractivity contribution in [1.29, 1.82) is 0 Å². The van der Waals surface area contributed by atoms with Gasteiger partial charge in [-0.1, -0.05) is 0 Å². The van der Waals surface area contributed by atoms with Crippen molar-refractivity contribution in [2.45, 2.75) is 61.1 Å². The van der Waals surface area contributed by atoms with Crippen molar-refractivity contribution < 1.29 is 24.2 Å². The van der Waals surface area contributed by atoms with Gasteiger partial charge in [0.25, 0.3) is 5.91 Å². The number of likely N-dealkylation sites (tertiary alicyclic amines) is 1. The third-order valence-corrected chi connectivity index (χ3v) is 8.47. The third-order valence-electron chi connectivity index (χ3n) is 8.47. The Morgan fingerprint density at radius 3 is 2.68 bits per heavy atom. The number of carbonyl (C=O) groups is 3. The van der Waals surface area contributed by atoms with Gasteiger partial charge in [0.2, 0.25) is 0 Å². The van der Waals surface area contributed by atoms with E-state index in [4.69, 9.17) is 4.74 Å². The zero-order valence-corrected chi connectivity index (χ0v) is 17.6. The van der Waals surface area contributed by atoms with E-state index in [1.54, 1.807) is 19.2 Å². The van der Waals surface area contributed by atoms with Gasteiger partial charge in [0.05, 0.1) is 12.7 Å². The molecule has 3 N–H and O–H groups in total. The van der Waals surface area contributed by atoms with Crippen LogP contribution in [0.3, 0.4) is 0 Å². The molecule has 2 saturated heterocycles. The first-order valence-electron chi connectivity index (χ1n) is 11.1. The number of nitrogens with one attached hydrogen (secondary N) is 2. The van der Waals surface area contributed by atoms with Crippen LogP contribution in [0.15, 0.2) is 18.2 Å². The van der Waals surface area contributed by atoms with E-state index in [2.05, 4.69) is 15.5 Å². The van der Waals surface area contributed by atoms with E-state index in [-0.39, 0.29) is 24.5 Å². The Hall–Kier alpha value is -2.45. The number of hydrogen-bond donors (Lipinski definition) is 3. The molecule has 4 fully saturated rings. The molecule has 0 radical (unpaired) electrons. The summed E-state index contributed by atoms with van der Waals surface area (Å²) in [5, 5.41) is 17.5. The van der Waals surface area contributed by atoms with Crippen LogP contribution in [0.2, 0.25) is 0 Å². The first-order valence-corrected chi connectivity index (χ1v) is 11.1. The fraction of sp³-hybridized carbons (Fsp3) is 0.609. The lowest BCUT2D eigenvalue weighted by molar-refractivity contribution is -0.167. The maximum atomic E-state index is 13.7. The van der Waals surface area contributed by atoms with Gasteiger partial charge in [-0.3, -0.25) is 19.8 Å². The van der Waals surface area contributed by atoms with Crippen molar-refractivity contribution in [1.82, 2.24) is 15.5 Å². The first kappa shape index (κ1) is 19.3. The molecule has 3 amide bonds. The molecule has 8 heteroatoms. The molecule has 8 nitrogen and oxygen atoms in total. The number of benzene rings is 1. The monoisotopic (exact) mass is 425 g/mol. The Kier molecular flexibility index (Phi) is 3.77. The second kappa shape index (κ2) is 6.07. The van der Waals surface area contributed by atoms with Crippen LogP contribution < -0.4 is 15.4 Å². The number of fused-ring (bicyclic) bond motifs is 1. The van der Waals surface area contributed by atoms with Gasteiger partial charge < -0.3 is 15.2 Å². The topological polar surface area (TPSA) is 108 Å². The van der Waals surface area contributed by atoms with E-state index in [9.17, 15) is 19.5 Å². The fourth-order valence-corrected chi connectivity index (χ4v) is 6.78. The molecule has 5 aliphatic rings. The standard InChI is InChI=1S/C23H27N3O5/c1-31-14-4-5-15-16(10-14)21-8-9-26(11-13-2-3-13)18(17(15)27)23(21,30)7-6-22(12-21)19(28)24-20(29)25-22/h4-5,10,13,18,30H,2-3,6-9,11-12H2,1H3,(H2,24,25,28,29). The summed E-state index contributed by atoms with van der Waals surface area (Å²) in [7, 11) is 1.57. The van der Waals surface area contributed by atoms with Gasteiger partial charge in [0.15, 0.2) is 5.78 Å². The lowest BCUT2D eigenvalue weighted by Gasteiger charge is -2.65. The van der Waals surface area contributed by atoms with Crippen LogP contribution in [0.5, 0.6) is 5.75 Å². The minimum absolute atomic E-state index is 0.0491. The molecule has 2 bridgehead atoms. The Labute approximate surface area is 180 Å². The second-order valence-electron chi connectivity index (χ2n) is 10.0. The number of amides is 3. The summed E-state index contributed by atoms with van der Waals surface area (Å²) in [4.78, 5) is 40.8. The molecule has 3 aliphatic carbocycles. The van der Waals surface area contributed by atoms with Crippen LogP contribution in [-0.2, 0) is 10.2 Å². The fourth-order valence-electron chi connectivity index (χ4n) is 6.78. The maximum absolute atomic E-state index is 13.7. The van der Waals surface area contributed by atoms with Crippen molar-refractivity contribution in [3.8, 4) is 5.75 Å². The molecule has 4 atom stereocenters. The van der Waals surface area contributed by atoms with Gasteiger partial charge in [0.1, 0.15) is 17.3 Å². The molecule has 2 heterocycles. The van der Waals surface area contributed by atoms with E-state index in [1.165, 1.54) is 12.8 Å². The summed E-state index contributed by atoms with van der Waals surface area (Å²) in [5.74, 6) is 0.817. The van der Waals surface area contributed by atoms with Crippen molar-refractivity contribution in [2.24, 2.45) is 5.92 Å². The average Bonchev–Trinajstić information content (AvgIpc) is 3.51. The summed E-state index contributed by atoms with van der Waals surface area (Å²) >= 11 is 0. The summed E-state index contributed by atoms with van der Waals surface area (Å²) < 4.78 is 5.45. The zero-order valence-electron chi connectivity index (χ0n) is 17.6. The number of rotatable bonds is 3. The Morgan fingerprint density at radius 2 is 2.00 bits per heavy atom. The highest BCUT2D eigenvalue weighted by atomic mass is 16.5. The van der Waals surface area contributed by atoms with Crippen molar-refractivity contribution in [3.05, 3.63) is 29.3 Å². The number of imide groups is 1. The SMILES string of the molecule is COc1ccc2c(c1)C13CCN(CC4CC4)C(C2=O)C1(O)CCC1(C3)NC(=O)NC1=O. The molecule has 6 rings (SSSR count). The highest BCUT2D eigenvalue weighted by Crippen LogP contribution is 2.61. The quantitative estimate of drug-likeness (QED) is 0.626. The lowest BCUT2D eigenvalue weighted by atomic mass is 9.46.